The highest BCUT2D eigenvalue weighted by Gasteiger charge is 2.37. The highest BCUT2D eigenvalue weighted by Crippen LogP contribution is 2.39. The Balaban J connectivity index is 1.73. The summed E-state index contributed by atoms with van der Waals surface area (Å²) in [5.74, 6) is -1.43. The smallest absolute Gasteiger partial charge is 0.381 e. The van der Waals surface area contributed by atoms with Crippen molar-refractivity contribution in [3.05, 3.63) is 28.5 Å². The van der Waals surface area contributed by atoms with Gasteiger partial charge in [-0.05, 0) is 45.6 Å². The third kappa shape index (κ3) is 6.22. The molecule has 208 valence electrons. The minimum absolute atomic E-state index is 0.0180. The monoisotopic (exact) mass is 561 g/mol. The number of carbonyl (C=O) groups excluding carboxylic acids is 2. The number of nitrogens with zero attached hydrogens (tertiary/aromatic N) is 3. The average Bonchev–Trinajstić information content (AvgIpc) is 3.50. The Kier molecular flexibility index (Phi) is 8.50. The minimum Gasteiger partial charge on any atom is -0.381 e. The van der Waals surface area contributed by atoms with Crippen LogP contribution in [0.4, 0.5) is 27.8 Å². The van der Waals surface area contributed by atoms with Crippen LogP contribution in [0, 0.1) is 0 Å². The zero-order valence-electron chi connectivity index (χ0n) is 20.8. The Morgan fingerprint density at radius 3 is 2.53 bits per heavy atom. The van der Waals surface area contributed by atoms with Crippen molar-refractivity contribution in [3.8, 4) is 10.4 Å². The van der Waals surface area contributed by atoms with E-state index in [1.807, 2.05) is 6.92 Å². The van der Waals surface area contributed by atoms with Crippen molar-refractivity contribution in [1.82, 2.24) is 20.2 Å². The molecule has 4 heterocycles. The Morgan fingerprint density at radius 1 is 1.21 bits per heavy atom. The van der Waals surface area contributed by atoms with Gasteiger partial charge in [0.25, 0.3) is 18.2 Å². The standard InChI is InChI=1S/C24H28F5N5O3S/c1-12-4-3-7-34(12)23(36)18-19(38-22(33-18)21(35)32-14-5-8-37-9-6-14)16-11-30-17(10-15(16)20(25)26)31-13(2)24(27,28)29/h10-14,20H,3-9H2,1-2H3,(H,30,31)(H,32,35)/t12-,13?/m0/s1. The first kappa shape index (κ1) is 28.1. The molecule has 0 saturated carbocycles. The summed E-state index contributed by atoms with van der Waals surface area (Å²) in [5, 5.41) is 4.86. The molecule has 2 aromatic rings. The van der Waals surface area contributed by atoms with Crippen molar-refractivity contribution < 1.29 is 36.3 Å². The lowest BCUT2D eigenvalue weighted by atomic mass is 10.1. The van der Waals surface area contributed by atoms with Crippen LogP contribution in [0.2, 0.25) is 0 Å². The molecule has 2 aliphatic rings. The van der Waals surface area contributed by atoms with Gasteiger partial charge in [-0.1, -0.05) is 0 Å². The molecular formula is C24H28F5N5O3S. The molecule has 0 radical (unpaired) electrons. The van der Waals surface area contributed by atoms with E-state index in [4.69, 9.17) is 4.74 Å². The second-order valence-electron chi connectivity index (χ2n) is 9.41. The number of halogens is 5. The fourth-order valence-corrected chi connectivity index (χ4v) is 5.42. The molecule has 2 N–H and O–H groups in total. The van der Waals surface area contributed by atoms with Gasteiger partial charge in [0, 0.05) is 49.2 Å². The number of pyridine rings is 1. The fraction of sp³-hybridized carbons (Fsp3) is 0.583. The zero-order valence-corrected chi connectivity index (χ0v) is 21.6. The predicted molar refractivity (Wildman–Crippen MR) is 130 cm³/mol. The van der Waals surface area contributed by atoms with E-state index < -0.39 is 41.8 Å². The fourth-order valence-electron chi connectivity index (χ4n) is 4.43. The summed E-state index contributed by atoms with van der Waals surface area (Å²) in [7, 11) is 0. The first-order chi connectivity index (χ1) is 18.0. The Morgan fingerprint density at radius 2 is 1.92 bits per heavy atom. The van der Waals surface area contributed by atoms with Gasteiger partial charge in [-0.15, -0.1) is 11.3 Å². The SMILES string of the molecule is CC(Nc1cc(C(F)F)c(-c2sc(C(=O)NC3CCOCC3)nc2C(=O)N2CCC[C@@H]2C)cn1)C(F)(F)F. The molecule has 0 spiro atoms. The third-order valence-electron chi connectivity index (χ3n) is 6.67. The number of rotatable bonds is 7. The van der Waals surface area contributed by atoms with E-state index in [0.717, 1.165) is 43.4 Å². The number of ether oxygens (including phenoxy) is 1. The van der Waals surface area contributed by atoms with Gasteiger partial charge >= 0.3 is 6.18 Å². The van der Waals surface area contributed by atoms with Crippen LogP contribution in [0.1, 0.15) is 71.8 Å². The number of nitrogens with one attached hydrogen (secondary N) is 2. The van der Waals surface area contributed by atoms with Crippen LogP contribution in [-0.2, 0) is 4.74 Å². The van der Waals surface area contributed by atoms with E-state index in [1.54, 1.807) is 4.90 Å². The number of thiazole rings is 1. The van der Waals surface area contributed by atoms with Crippen molar-refractivity contribution in [2.45, 2.75) is 70.3 Å². The van der Waals surface area contributed by atoms with E-state index in [2.05, 4.69) is 20.6 Å². The summed E-state index contributed by atoms with van der Waals surface area (Å²) in [6, 6.07) is -1.44. The molecule has 2 saturated heterocycles. The van der Waals surface area contributed by atoms with Crippen LogP contribution >= 0.6 is 11.3 Å². The highest BCUT2D eigenvalue weighted by atomic mass is 32.1. The topological polar surface area (TPSA) is 96.4 Å². The van der Waals surface area contributed by atoms with Gasteiger partial charge in [0.2, 0.25) is 0 Å². The summed E-state index contributed by atoms with van der Waals surface area (Å²) in [6.45, 7) is 4.14. The first-order valence-corrected chi connectivity index (χ1v) is 13.1. The number of hydrogen-bond acceptors (Lipinski definition) is 7. The second-order valence-corrected chi connectivity index (χ2v) is 10.4. The summed E-state index contributed by atoms with van der Waals surface area (Å²) in [4.78, 5) is 36.2. The number of hydrogen-bond donors (Lipinski definition) is 2. The maximum absolute atomic E-state index is 14.2. The van der Waals surface area contributed by atoms with Crippen LogP contribution in [0.25, 0.3) is 10.4 Å². The van der Waals surface area contributed by atoms with E-state index in [0.29, 0.717) is 32.6 Å². The maximum atomic E-state index is 14.2. The molecule has 2 amide bonds. The minimum atomic E-state index is -4.61. The number of carbonyl (C=O) groups is 2. The van der Waals surface area contributed by atoms with Gasteiger partial charge in [-0.25, -0.2) is 18.7 Å². The van der Waals surface area contributed by atoms with Crippen molar-refractivity contribution in [2.75, 3.05) is 25.1 Å². The van der Waals surface area contributed by atoms with Gasteiger partial charge in [-0.2, -0.15) is 13.2 Å². The number of alkyl halides is 5. The normalized spacial score (nSPS) is 19.6. The molecule has 0 aromatic carbocycles. The van der Waals surface area contributed by atoms with Gasteiger partial charge in [0.1, 0.15) is 17.6 Å². The summed E-state index contributed by atoms with van der Waals surface area (Å²) >= 11 is 0.778. The first-order valence-electron chi connectivity index (χ1n) is 12.3. The molecule has 2 aliphatic heterocycles. The van der Waals surface area contributed by atoms with Crippen molar-refractivity contribution in [2.24, 2.45) is 0 Å². The molecule has 14 heteroatoms. The molecule has 38 heavy (non-hydrogen) atoms. The molecule has 8 nitrogen and oxygen atoms in total. The predicted octanol–water partition coefficient (Wildman–Crippen LogP) is 5.04. The molecule has 2 atom stereocenters. The van der Waals surface area contributed by atoms with E-state index in [-0.39, 0.29) is 33.2 Å². The van der Waals surface area contributed by atoms with Crippen LogP contribution in [0.3, 0.4) is 0 Å². The van der Waals surface area contributed by atoms with Crippen molar-refractivity contribution in [1.29, 1.82) is 0 Å². The number of amides is 2. The van der Waals surface area contributed by atoms with Gasteiger partial charge in [0.15, 0.2) is 5.01 Å². The van der Waals surface area contributed by atoms with E-state index >= 15 is 0 Å². The number of anilines is 1. The maximum Gasteiger partial charge on any atom is 0.408 e. The molecule has 0 aliphatic carbocycles. The third-order valence-corrected chi connectivity index (χ3v) is 7.75. The van der Waals surface area contributed by atoms with Crippen LogP contribution in [0.5, 0.6) is 0 Å². The highest BCUT2D eigenvalue weighted by molar-refractivity contribution is 7.17. The summed E-state index contributed by atoms with van der Waals surface area (Å²) in [6.07, 6.45) is -3.97. The van der Waals surface area contributed by atoms with Crippen LogP contribution in [0.15, 0.2) is 12.3 Å². The summed E-state index contributed by atoms with van der Waals surface area (Å²) in [5.41, 5.74) is -0.947. The Hall–Kier alpha value is -2.87. The van der Waals surface area contributed by atoms with Crippen LogP contribution in [-0.4, -0.2) is 70.7 Å². The lowest BCUT2D eigenvalue weighted by Gasteiger charge is -2.22. The second kappa shape index (κ2) is 11.5. The van der Waals surface area contributed by atoms with Gasteiger partial charge in [0.05, 0.1) is 4.88 Å². The Bertz CT molecular complexity index is 1170. The Labute approximate surface area is 220 Å². The lowest BCUT2D eigenvalue weighted by Crippen LogP contribution is -2.39. The van der Waals surface area contributed by atoms with Gasteiger partial charge < -0.3 is 20.3 Å². The van der Waals surface area contributed by atoms with E-state index in [9.17, 15) is 31.5 Å². The number of aromatic nitrogens is 2. The average molecular weight is 562 g/mol. The molecule has 4 rings (SSSR count). The molecule has 2 aromatic heterocycles. The molecular weight excluding hydrogens is 533 g/mol. The molecule has 2 fully saturated rings. The quantitative estimate of drug-likeness (QED) is 0.460. The largest absolute Gasteiger partial charge is 0.408 e. The summed E-state index contributed by atoms with van der Waals surface area (Å²) < 4.78 is 72.5. The van der Waals surface area contributed by atoms with Crippen molar-refractivity contribution >= 4 is 29.0 Å². The molecule has 0 bridgehead atoms. The lowest BCUT2D eigenvalue weighted by molar-refractivity contribution is -0.138. The number of likely N-dealkylation sites (tertiary alicyclic amines) is 1. The van der Waals surface area contributed by atoms with Crippen LogP contribution < -0.4 is 10.6 Å². The van der Waals surface area contributed by atoms with E-state index in [1.165, 1.54) is 0 Å². The molecule has 1 unspecified atom stereocenters. The van der Waals surface area contributed by atoms with Crippen molar-refractivity contribution in [3.63, 3.8) is 0 Å². The van der Waals surface area contributed by atoms with Gasteiger partial charge in [-0.3, -0.25) is 9.59 Å². The zero-order chi connectivity index (χ0) is 27.6.